The zero-order valence-electron chi connectivity index (χ0n) is 19.1. The third-order valence-corrected chi connectivity index (χ3v) is 5.41. The van der Waals surface area contributed by atoms with Gasteiger partial charge in [0.1, 0.15) is 0 Å². The number of benzene rings is 1. The molecule has 8 nitrogen and oxygen atoms in total. The maximum atomic E-state index is 12.2. The highest BCUT2D eigenvalue weighted by Crippen LogP contribution is 2.15. The molecule has 0 spiro atoms. The summed E-state index contributed by atoms with van der Waals surface area (Å²) in [5.41, 5.74) is 1.88. The number of piperazine rings is 1. The number of guanidine groups is 1. The Labute approximate surface area is 207 Å². The lowest BCUT2D eigenvalue weighted by molar-refractivity contribution is -0.119. The van der Waals surface area contributed by atoms with E-state index in [-0.39, 0.29) is 35.8 Å². The van der Waals surface area contributed by atoms with Gasteiger partial charge in [-0.15, -0.1) is 24.0 Å². The van der Waals surface area contributed by atoms with Crippen molar-refractivity contribution < 1.29 is 4.79 Å². The van der Waals surface area contributed by atoms with E-state index >= 15 is 0 Å². The fourth-order valence-electron chi connectivity index (χ4n) is 3.36. The third kappa shape index (κ3) is 7.32. The predicted octanol–water partition coefficient (Wildman–Crippen LogP) is 3.37. The molecule has 1 amide bonds. The van der Waals surface area contributed by atoms with Crippen molar-refractivity contribution in [3.05, 3.63) is 48.3 Å². The summed E-state index contributed by atoms with van der Waals surface area (Å²) in [6.07, 6.45) is 4.38. The van der Waals surface area contributed by atoms with Gasteiger partial charge in [-0.25, -0.2) is 15.0 Å². The number of hydrogen-bond donors (Lipinski definition) is 2. The maximum Gasteiger partial charge on any atom is 0.227 e. The number of carbonyl (C=O) groups excluding carboxylic acids is 1. The molecule has 0 saturated carbocycles. The molecule has 1 fully saturated rings. The van der Waals surface area contributed by atoms with Gasteiger partial charge in [0.15, 0.2) is 5.96 Å². The number of hydrogen-bond acceptors (Lipinski definition) is 5. The molecule has 1 saturated heterocycles. The fraction of sp³-hybridized carbons (Fsp3) is 0.478. The van der Waals surface area contributed by atoms with Gasteiger partial charge in [-0.2, -0.15) is 0 Å². The molecule has 1 atom stereocenters. The first-order valence-corrected chi connectivity index (χ1v) is 11.1. The molecular formula is C23H34IN7O. The molecule has 2 aromatic rings. The molecule has 2 heterocycles. The second-order valence-corrected chi connectivity index (χ2v) is 7.69. The number of rotatable bonds is 7. The summed E-state index contributed by atoms with van der Waals surface area (Å²) in [6, 6.07) is 9.75. The Morgan fingerprint density at radius 3 is 2.50 bits per heavy atom. The van der Waals surface area contributed by atoms with Crippen LogP contribution in [0.25, 0.3) is 0 Å². The van der Waals surface area contributed by atoms with Gasteiger partial charge >= 0.3 is 0 Å². The van der Waals surface area contributed by atoms with Crippen molar-refractivity contribution in [1.82, 2.24) is 20.2 Å². The molecular weight excluding hydrogens is 517 g/mol. The van der Waals surface area contributed by atoms with Crippen molar-refractivity contribution in [2.75, 3.05) is 42.9 Å². The predicted molar refractivity (Wildman–Crippen MR) is 141 cm³/mol. The summed E-state index contributed by atoms with van der Waals surface area (Å²) in [6.45, 7) is 10.8. The Hall–Kier alpha value is -2.43. The van der Waals surface area contributed by atoms with Crippen LogP contribution in [0.15, 0.2) is 47.7 Å². The van der Waals surface area contributed by atoms with Crippen LogP contribution in [-0.2, 0) is 11.3 Å². The normalized spacial score (nSPS) is 15.0. The Morgan fingerprint density at radius 2 is 1.84 bits per heavy atom. The molecule has 174 valence electrons. The third-order valence-electron chi connectivity index (χ3n) is 5.41. The molecule has 1 unspecified atom stereocenters. The van der Waals surface area contributed by atoms with Gasteiger partial charge in [0.2, 0.25) is 11.9 Å². The summed E-state index contributed by atoms with van der Waals surface area (Å²) in [5.74, 6) is 1.74. The second kappa shape index (κ2) is 13.2. The Bertz CT molecular complexity index is 870. The van der Waals surface area contributed by atoms with Gasteiger partial charge in [-0.05, 0) is 37.1 Å². The van der Waals surface area contributed by atoms with E-state index in [1.54, 1.807) is 12.4 Å². The molecule has 0 bridgehead atoms. The minimum atomic E-state index is 0. The van der Waals surface area contributed by atoms with E-state index in [1.165, 1.54) is 0 Å². The van der Waals surface area contributed by atoms with Gasteiger partial charge in [0.25, 0.3) is 0 Å². The lowest BCUT2D eigenvalue weighted by Gasteiger charge is -2.36. The number of carbonyl (C=O) groups is 1. The van der Waals surface area contributed by atoms with E-state index < -0.39 is 0 Å². The van der Waals surface area contributed by atoms with Crippen LogP contribution < -0.4 is 15.5 Å². The van der Waals surface area contributed by atoms with Gasteiger partial charge in [0, 0.05) is 56.7 Å². The van der Waals surface area contributed by atoms with Crippen molar-refractivity contribution >= 4 is 47.5 Å². The summed E-state index contributed by atoms with van der Waals surface area (Å²) < 4.78 is 0. The summed E-state index contributed by atoms with van der Waals surface area (Å²) in [4.78, 5) is 30.2. The van der Waals surface area contributed by atoms with E-state index in [0.29, 0.717) is 6.54 Å². The van der Waals surface area contributed by atoms with E-state index in [9.17, 15) is 4.79 Å². The van der Waals surface area contributed by atoms with Crippen LogP contribution >= 0.6 is 24.0 Å². The highest BCUT2D eigenvalue weighted by molar-refractivity contribution is 14.0. The Kier molecular flexibility index (Phi) is 10.6. The van der Waals surface area contributed by atoms with Crippen LogP contribution in [0.3, 0.4) is 0 Å². The topological polar surface area (TPSA) is 85.8 Å². The molecule has 1 aromatic carbocycles. The standard InChI is InChI=1S/C23H33N7O.HI/c1-4-18(3)21(31)28-20-9-6-8-19(16-20)17-27-22(24-5-2)29-12-14-30(15-13-29)23-25-10-7-11-26-23;/h6-11,16,18H,4-5,12-15,17H2,1-3H3,(H,24,27)(H,28,31);1H. The summed E-state index contributed by atoms with van der Waals surface area (Å²) >= 11 is 0. The van der Waals surface area contributed by atoms with E-state index in [4.69, 9.17) is 4.99 Å². The molecule has 0 aliphatic carbocycles. The van der Waals surface area contributed by atoms with Crippen LogP contribution in [0.4, 0.5) is 11.6 Å². The summed E-state index contributed by atoms with van der Waals surface area (Å²) in [5, 5.41) is 6.40. The highest BCUT2D eigenvalue weighted by atomic mass is 127. The number of amides is 1. The molecule has 1 aliphatic heterocycles. The van der Waals surface area contributed by atoms with Crippen molar-refractivity contribution in [1.29, 1.82) is 0 Å². The smallest absolute Gasteiger partial charge is 0.227 e. The van der Waals surface area contributed by atoms with Gasteiger partial charge in [0.05, 0.1) is 6.54 Å². The fourth-order valence-corrected chi connectivity index (χ4v) is 3.36. The maximum absolute atomic E-state index is 12.2. The molecule has 1 aliphatic rings. The van der Waals surface area contributed by atoms with Crippen molar-refractivity contribution in [2.24, 2.45) is 10.9 Å². The van der Waals surface area contributed by atoms with Crippen LogP contribution in [0.2, 0.25) is 0 Å². The number of aliphatic imine (C=N–C) groups is 1. The van der Waals surface area contributed by atoms with Gasteiger partial charge in [-0.3, -0.25) is 4.79 Å². The zero-order chi connectivity index (χ0) is 22.1. The van der Waals surface area contributed by atoms with Crippen LogP contribution in [0.1, 0.15) is 32.8 Å². The summed E-state index contributed by atoms with van der Waals surface area (Å²) in [7, 11) is 0. The van der Waals surface area contributed by atoms with Crippen molar-refractivity contribution in [3.63, 3.8) is 0 Å². The first-order valence-electron chi connectivity index (χ1n) is 11.1. The minimum absolute atomic E-state index is 0. The first kappa shape index (κ1) is 25.8. The Morgan fingerprint density at radius 1 is 1.12 bits per heavy atom. The molecule has 3 rings (SSSR count). The SMILES string of the molecule is CCNC(=NCc1cccc(NC(=O)C(C)CC)c1)N1CCN(c2ncccn2)CC1.I. The van der Waals surface area contributed by atoms with E-state index in [1.807, 2.05) is 44.2 Å². The van der Waals surface area contributed by atoms with Gasteiger partial charge in [-0.1, -0.05) is 26.0 Å². The van der Waals surface area contributed by atoms with E-state index in [2.05, 4.69) is 37.3 Å². The lowest BCUT2D eigenvalue weighted by atomic mass is 10.1. The number of aromatic nitrogens is 2. The van der Waals surface area contributed by atoms with E-state index in [0.717, 1.165) is 62.3 Å². The Balaban J connectivity index is 0.00000363. The largest absolute Gasteiger partial charge is 0.357 e. The second-order valence-electron chi connectivity index (χ2n) is 7.69. The minimum Gasteiger partial charge on any atom is -0.357 e. The quantitative estimate of drug-likeness (QED) is 0.312. The molecule has 2 N–H and O–H groups in total. The van der Waals surface area contributed by atoms with Crippen LogP contribution in [-0.4, -0.2) is 59.5 Å². The molecule has 1 aromatic heterocycles. The average molecular weight is 551 g/mol. The number of nitrogens with zero attached hydrogens (tertiary/aromatic N) is 5. The van der Waals surface area contributed by atoms with Crippen LogP contribution in [0, 0.1) is 5.92 Å². The van der Waals surface area contributed by atoms with Crippen molar-refractivity contribution in [3.8, 4) is 0 Å². The lowest BCUT2D eigenvalue weighted by Crippen LogP contribution is -2.52. The molecule has 9 heteroatoms. The number of halogens is 1. The van der Waals surface area contributed by atoms with Gasteiger partial charge < -0.3 is 20.4 Å². The number of nitrogens with one attached hydrogen (secondary N) is 2. The number of anilines is 2. The first-order chi connectivity index (χ1) is 15.1. The van der Waals surface area contributed by atoms with Crippen LogP contribution in [0.5, 0.6) is 0 Å². The monoisotopic (exact) mass is 551 g/mol. The highest BCUT2D eigenvalue weighted by Gasteiger charge is 2.21. The van der Waals surface area contributed by atoms with Crippen molar-refractivity contribution in [2.45, 2.75) is 33.7 Å². The zero-order valence-corrected chi connectivity index (χ0v) is 21.5. The molecule has 0 radical (unpaired) electrons. The average Bonchev–Trinajstić information content (AvgIpc) is 2.82. The molecule has 32 heavy (non-hydrogen) atoms.